The quantitative estimate of drug-likeness (QED) is 0.0261. The van der Waals surface area contributed by atoms with Crippen molar-refractivity contribution in [2.45, 2.75) is 412 Å². The molecule has 0 aliphatic rings. The van der Waals surface area contributed by atoms with Gasteiger partial charge in [0.05, 0.1) is 0 Å². The van der Waals surface area contributed by atoms with E-state index in [0.29, 0.717) is 19.3 Å². The normalized spacial score (nSPS) is 12.3. The molecule has 0 spiro atoms. The molecule has 0 saturated carbocycles. The molecule has 6 nitrogen and oxygen atoms in total. The molecule has 0 aliphatic carbocycles. The van der Waals surface area contributed by atoms with Gasteiger partial charge in [-0.2, -0.15) is 0 Å². The predicted molar refractivity (Wildman–Crippen MR) is 362 cm³/mol. The zero-order chi connectivity index (χ0) is 59.9. The van der Waals surface area contributed by atoms with Crippen molar-refractivity contribution in [3.63, 3.8) is 0 Å². The van der Waals surface area contributed by atoms with Crippen molar-refractivity contribution < 1.29 is 28.6 Å². The second-order valence-corrected chi connectivity index (χ2v) is 25.2. The maximum atomic E-state index is 13.0. The highest BCUT2D eigenvalue weighted by Gasteiger charge is 2.19. The van der Waals surface area contributed by atoms with Gasteiger partial charge in [-0.25, -0.2) is 0 Å². The summed E-state index contributed by atoms with van der Waals surface area (Å²) in [6, 6.07) is 0. The van der Waals surface area contributed by atoms with Gasteiger partial charge in [-0.1, -0.05) is 358 Å². The molecule has 0 amide bonds. The molecule has 6 heteroatoms. The van der Waals surface area contributed by atoms with Crippen molar-refractivity contribution >= 4 is 17.9 Å². The lowest BCUT2D eigenvalue weighted by molar-refractivity contribution is -0.167. The maximum absolute atomic E-state index is 13.0. The summed E-state index contributed by atoms with van der Waals surface area (Å²) in [5.41, 5.74) is 0. The van der Waals surface area contributed by atoms with Crippen LogP contribution in [-0.4, -0.2) is 37.2 Å². The Hall–Kier alpha value is -2.63. The fraction of sp³-hybridized carbons (Fsp3) is 0.857. The number of hydrogen-bond acceptors (Lipinski definition) is 6. The van der Waals surface area contributed by atoms with Crippen LogP contribution in [0.5, 0.6) is 0 Å². The number of rotatable bonds is 69. The van der Waals surface area contributed by atoms with E-state index in [2.05, 4.69) is 69.4 Å². The standard InChI is InChI=1S/C77H142O6/c1-4-7-10-13-16-19-22-25-27-29-31-33-35-36-37-38-39-40-42-43-45-47-49-52-55-58-61-64-67-70-76(79)82-73-74(72-81-75(78)69-66-63-60-57-54-51-24-21-18-15-12-9-6-3)83-77(80)71-68-65-62-59-56-53-50-48-46-44-41-34-32-30-28-26-23-20-17-14-11-8-5-2/h12,15,21,23-24,26,30,32,74H,4-11,13-14,16-20,22,25,27-29,31,33-73H2,1-3H3/b15-12-,24-21-,26-23-,32-30-. The molecule has 0 bridgehead atoms. The largest absolute Gasteiger partial charge is 0.462 e. The van der Waals surface area contributed by atoms with Crippen LogP contribution in [0.15, 0.2) is 48.6 Å². The summed E-state index contributed by atoms with van der Waals surface area (Å²) in [6.07, 6.45) is 91.6. The molecule has 0 fully saturated rings. The minimum absolute atomic E-state index is 0.0743. The monoisotopic (exact) mass is 1160 g/mol. The molecule has 0 saturated heterocycles. The van der Waals surface area contributed by atoms with E-state index < -0.39 is 6.10 Å². The number of carbonyl (C=O) groups is 3. The van der Waals surface area contributed by atoms with Crippen molar-refractivity contribution in [3.8, 4) is 0 Å². The Morgan fingerprint density at radius 1 is 0.241 bits per heavy atom. The number of allylic oxidation sites excluding steroid dienone is 8. The van der Waals surface area contributed by atoms with Crippen LogP contribution in [0, 0.1) is 0 Å². The highest BCUT2D eigenvalue weighted by Crippen LogP contribution is 2.19. The topological polar surface area (TPSA) is 78.9 Å². The Bertz CT molecular complexity index is 1430. The summed E-state index contributed by atoms with van der Waals surface area (Å²) in [6.45, 7) is 6.63. The van der Waals surface area contributed by atoms with E-state index in [9.17, 15) is 14.4 Å². The highest BCUT2D eigenvalue weighted by molar-refractivity contribution is 5.71. The van der Waals surface area contributed by atoms with E-state index in [4.69, 9.17) is 14.2 Å². The molecule has 0 heterocycles. The number of esters is 3. The van der Waals surface area contributed by atoms with Crippen molar-refractivity contribution in [2.24, 2.45) is 0 Å². The van der Waals surface area contributed by atoms with Gasteiger partial charge in [-0.3, -0.25) is 14.4 Å². The lowest BCUT2D eigenvalue weighted by atomic mass is 10.0. The predicted octanol–water partition coefficient (Wildman–Crippen LogP) is 25.7. The summed E-state index contributed by atoms with van der Waals surface area (Å²) in [5, 5.41) is 0. The average molecular weight is 1160 g/mol. The number of carbonyl (C=O) groups excluding carboxylic acids is 3. The zero-order valence-corrected chi connectivity index (χ0v) is 56.0. The Morgan fingerprint density at radius 3 is 0.711 bits per heavy atom. The molecular weight excluding hydrogens is 1020 g/mol. The molecule has 0 N–H and O–H groups in total. The molecule has 1 unspecified atom stereocenters. The molecule has 0 aromatic heterocycles. The van der Waals surface area contributed by atoms with Crippen LogP contribution in [-0.2, 0) is 28.6 Å². The maximum Gasteiger partial charge on any atom is 0.306 e. The molecule has 0 aromatic carbocycles. The van der Waals surface area contributed by atoms with Crippen LogP contribution < -0.4 is 0 Å². The van der Waals surface area contributed by atoms with E-state index in [1.54, 1.807) is 0 Å². The molecule has 1 atom stereocenters. The van der Waals surface area contributed by atoms with Gasteiger partial charge in [-0.05, 0) is 77.0 Å². The van der Waals surface area contributed by atoms with Crippen molar-refractivity contribution in [1.29, 1.82) is 0 Å². The molecule has 0 aromatic rings. The van der Waals surface area contributed by atoms with Crippen LogP contribution in [0.4, 0.5) is 0 Å². The number of ether oxygens (including phenoxy) is 3. The van der Waals surface area contributed by atoms with Gasteiger partial charge in [0.25, 0.3) is 0 Å². The van der Waals surface area contributed by atoms with Crippen LogP contribution in [0.3, 0.4) is 0 Å². The summed E-state index contributed by atoms with van der Waals surface area (Å²) < 4.78 is 17.0. The third-order valence-electron chi connectivity index (χ3n) is 16.8. The van der Waals surface area contributed by atoms with Gasteiger partial charge < -0.3 is 14.2 Å². The second kappa shape index (κ2) is 71.8. The molecule has 486 valence electrons. The van der Waals surface area contributed by atoms with Gasteiger partial charge in [0.15, 0.2) is 6.10 Å². The Kier molecular flexibility index (Phi) is 69.6. The molecular formula is C77H142O6. The lowest BCUT2D eigenvalue weighted by Gasteiger charge is -2.18. The fourth-order valence-corrected chi connectivity index (χ4v) is 11.2. The van der Waals surface area contributed by atoms with E-state index in [1.807, 2.05) is 0 Å². The van der Waals surface area contributed by atoms with E-state index in [1.165, 1.54) is 276 Å². The van der Waals surface area contributed by atoms with Gasteiger partial charge in [-0.15, -0.1) is 0 Å². The first kappa shape index (κ1) is 80.4. The average Bonchev–Trinajstić information content (AvgIpc) is 3.49. The first-order valence-electron chi connectivity index (χ1n) is 37.1. The van der Waals surface area contributed by atoms with E-state index >= 15 is 0 Å². The third-order valence-corrected chi connectivity index (χ3v) is 16.8. The van der Waals surface area contributed by atoms with Crippen LogP contribution in [0.2, 0.25) is 0 Å². The van der Waals surface area contributed by atoms with E-state index in [0.717, 1.165) is 89.9 Å². The Labute approximate surface area is 518 Å². The van der Waals surface area contributed by atoms with E-state index in [-0.39, 0.29) is 31.1 Å². The summed E-state index contributed by atoms with van der Waals surface area (Å²) in [5.74, 6) is -0.864. The fourth-order valence-electron chi connectivity index (χ4n) is 11.2. The summed E-state index contributed by atoms with van der Waals surface area (Å²) >= 11 is 0. The van der Waals surface area contributed by atoms with Gasteiger partial charge >= 0.3 is 17.9 Å². The van der Waals surface area contributed by atoms with Gasteiger partial charge in [0, 0.05) is 19.3 Å². The number of unbranched alkanes of at least 4 members (excludes halogenated alkanes) is 50. The highest BCUT2D eigenvalue weighted by atomic mass is 16.6. The van der Waals surface area contributed by atoms with Gasteiger partial charge in [0.1, 0.15) is 13.2 Å². The first-order valence-corrected chi connectivity index (χ1v) is 37.1. The third kappa shape index (κ3) is 70.0. The first-order chi connectivity index (χ1) is 41.0. The molecule has 0 rings (SSSR count). The molecule has 0 aliphatic heterocycles. The molecule has 0 radical (unpaired) electrons. The Balaban J connectivity index is 4.19. The molecule has 83 heavy (non-hydrogen) atoms. The van der Waals surface area contributed by atoms with Gasteiger partial charge in [0.2, 0.25) is 0 Å². The van der Waals surface area contributed by atoms with Crippen molar-refractivity contribution in [1.82, 2.24) is 0 Å². The minimum atomic E-state index is -0.780. The second-order valence-electron chi connectivity index (χ2n) is 25.2. The smallest absolute Gasteiger partial charge is 0.306 e. The Morgan fingerprint density at radius 2 is 0.458 bits per heavy atom. The SMILES string of the molecule is CCC/C=C\C/C=C\CCCCCCCC(=O)OCC(COC(=O)CCCCCCCCCCCCCCCCCCCCCCCCCCCCCCC)OC(=O)CCCCCCCCCCCCC/C=C\C/C=C\CCCCCCC. The summed E-state index contributed by atoms with van der Waals surface area (Å²) in [7, 11) is 0. The summed E-state index contributed by atoms with van der Waals surface area (Å²) in [4.78, 5) is 38.5. The van der Waals surface area contributed by atoms with Crippen molar-refractivity contribution in [3.05, 3.63) is 48.6 Å². The van der Waals surface area contributed by atoms with Crippen LogP contribution in [0.25, 0.3) is 0 Å². The van der Waals surface area contributed by atoms with Crippen LogP contribution >= 0.6 is 0 Å². The lowest BCUT2D eigenvalue weighted by Crippen LogP contribution is -2.30. The number of hydrogen-bond donors (Lipinski definition) is 0. The zero-order valence-electron chi connectivity index (χ0n) is 56.0. The van der Waals surface area contributed by atoms with Crippen LogP contribution in [0.1, 0.15) is 406 Å². The minimum Gasteiger partial charge on any atom is -0.462 e. The van der Waals surface area contributed by atoms with Crippen molar-refractivity contribution in [2.75, 3.05) is 13.2 Å².